The zero-order valence-corrected chi connectivity index (χ0v) is 14.5. The fraction of sp³-hybridized carbons (Fsp3) is 0.211. The Morgan fingerprint density at radius 2 is 2.00 bits per heavy atom. The predicted molar refractivity (Wildman–Crippen MR) is 95.6 cm³/mol. The number of ether oxygens (including phenoxy) is 1. The van der Waals surface area contributed by atoms with Gasteiger partial charge in [-0.1, -0.05) is 30.3 Å². The molecule has 0 aliphatic carbocycles. The third kappa shape index (κ3) is 5.37. The second-order valence-corrected chi connectivity index (χ2v) is 5.72. The first-order valence-electron chi connectivity index (χ1n) is 8.03. The lowest BCUT2D eigenvalue weighted by Crippen LogP contribution is -2.43. The van der Waals surface area contributed by atoms with Crippen molar-refractivity contribution in [1.29, 1.82) is 5.26 Å². The number of rotatable bonds is 7. The number of nitrogens with zero attached hydrogens (tertiary/aromatic N) is 2. The third-order valence-electron chi connectivity index (χ3n) is 3.87. The van der Waals surface area contributed by atoms with E-state index in [-0.39, 0.29) is 18.5 Å². The smallest absolute Gasteiger partial charge is 0.328 e. The number of methoxy groups -OCH3 is 1. The number of benzene rings is 2. The maximum Gasteiger partial charge on any atom is 0.328 e. The summed E-state index contributed by atoms with van der Waals surface area (Å²) in [6.07, 6.45) is -0.0356. The summed E-state index contributed by atoms with van der Waals surface area (Å²) >= 11 is 0. The molecular weight excluding hydrogens is 350 g/mol. The minimum Gasteiger partial charge on any atom is -0.467 e. The molecule has 0 heterocycles. The minimum atomic E-state index is -0.976. The van der Waals surface area contributed by atoms with Crippen LogP contribution in [0, 0.1) is 21.4 Å². The largest absolute Gasteiger partial charge is 0.467 e. The van der Waals surface area contributed by atoms with Crippen LogP contribution in [0.5, 0.6) is 0 Å². The average molecular weight is 367 g/mol. The zero-order valence-electron chi connectivity index (χ0n) is 14.5. The molecule has 2 aromatic rings. The van der Waals surface area contributed by atoms with Gasteiger partial charge in [0, 0.05) is 18.6 Å². The van der Waals surface area contributed by atoms with Crippen LogP contribution in [0.2, 0.25) is 0 Å². The predicted octanol–water partition coefficient (Wildman–Crippen LogP) is 1.91. The number of non-ortho nitro benzene ring substituents is 1. The summed E-state index contributed by atoms with van der Waals surface area (Å²) < 4.78 is 4.73. The Labute approximate surface area is 155 Å². The molecule has 0 aliphatic rings. The number of amides is 1. The van der Waals surface area contributed by atoms with Gasteiger partial charge in [0.15, 0.2) is 0 Å². The van der Waals surface area contributed by atoms with E-state index in [0.717, 1.165) is 0 Å². The first kappa shape index (κ1) is 19.6. The topological polar surface area (TPSA) is 122 Å². The molecule has 8 nitrogen and oxygen atoms in total. The van der Waals surface area contributed by atoms with Crippen molar-refractivity contribution in [3.8, 4) is 6.07 Å². The van der Waals surface area contributed by atoms with Gasteiger partial charge in [-0.2, -0.15) is 5.26 Å². The zero-order chi connectivity index (χ0) is 19.8. The van der Waals surface area contributed by atoms with Gasteiger partial charge in [-0.15, -0.1) is 0 Å². The number of carbonyl (C=O) groups excluding carboxylic acids is 2. The summed E-state index contributed by atoms with van der Waals surface area (Å²) in [4.78, 5) is 34.6. The van der Waals surface area contributed by atoms with Gasteiger partial charge in [0.25, 0.3) is 5.69 Å². The van der Waals surface area contributed by atoms with Crippen molar-refractivity contribution in [1.82, 2.24) is 5.32 Å². The molecule has 0 unspecified atom stereocenters. The molecule has 0 spiro atoms. The quantitative estimate of drug-likeness (QED) is 0.453. The van der Waals surface area contributed by atoms with Gasteiger partial charge >= 0.3 is 5.97 Å². The van der Waals surface area contributed by atoms with Gasteiger partial charge in [-0.25, -0.2) is 4.79 Å². The van der Waals surface area contributed by atoms with Crippen LogP contribution in [0.1, 0.15) is 16.7 Å². The molecule has 2 rings (SSSR count). The Morgan fingerprint density at radius 1 is 1.26 bits per heavy atom. The van der Waals surface area contributed by atoms with Gasteiger partial charge in [-0.05, 0) is 17.2 Å². The lowest BCUT2D eigenvalue weighted by Gasteiger charge is -2.17. The highest BCUT2D eigenvalue weighted by molar-refractivity contribution is 5.86. The highest BCUT2D eigenvalue weighted by Crippen LogP contribution is 2.14. The van der Waals surface area contributed by atoms with Crippen LogP contribution in [0.15, 0.2) is 48.5 Å². The van der Waals surface area contributed by atoms with Gasteiger partial charge in [0.1, 0.15) is 6.04 Å². The fourth-order valence-corrected chi connectivity index (χ4v) is 2.57. The Kier molecular flexibility index (Phi) is 6.61. The maximum atomic E-state index is 12.3. The third-order valence-corrected chi connectivity index (χ3v) is 3.87. The molecule has 0 aromatic heterocycles. The maximum absolute atomic E-state index is 12.3. The van der Waals surface area contributed by atoms with Crippen molar-refractivity contribution < 1.29 is 19.2 Å². The number of esters is 1. The monoisotopic (exact) mass is 367 g/mol. The molecule has 0 saturated carbocycles. The summed E-state index contributed by atoms with van der Waals surface area (Å²) in [5.41, 5.74) is 1.33. The Balaban J connectivity index is 2.13. The lowest BCUT2D eigenvalue weighted by atomic mass is 10.0. The van der Waals surface area contributed by atoms with Gasteiger partial charge in [0.2, 0.25) is 5.91 Å². The number of nitro benzene ring substituents is 1. The van der Waals surface area contributed by atoms with Gasteiger partial charge in [-0.3, -0.25) is 14.9 Å². The van der Waals surface area contributed by atoms with E-state index in [1.54, 1.807) is 30.3 Å². The van der Waals surface area contributed by atoms with Crippen molar-refractivity contribution in [3.05, 3.63) is 75.3 Å². The Morgan fingerprint density at radius 3 is 2.67 bits per heavy atom. The van der Waals surface area contributed by atoms with Gasteiger partial charge < -0.3 is 10.1 Å². The fourth-order valence-electron chi connectivity index (χ4n) is 2.57. The molecule has 0 bridgehead atoms. The van der Waals surface area contributed by atoms with Crippen LogP contribution in [0.4, 0.5) is 5.69 Å². The number of hydrogen-bond donors (Lipinski definition) is 1. The van der Waals surface area contributed by atoms with Crippen LogP contribution < -0.4 is 5.32 Å². The highest BCUT2D eigenvalue weighted by Gasteiger charge is 2.23. The standard InChI is InChI=1S/C19H17N3O5/c1-27-19(24)17(11-14-6-2-3-7-15(14)12-20)21-18(23)10-13-5-4-8-16(9-13)22(25)26/h2-9,17H,10-11H2,1H3,(H,21,23)/t17-/m1/s1. The van der Waals surface area contributed by atoms with Crippen LogP contribution in [0.3, 0.4) is 0 Å². The number of nitrogens with one attached hydrogen (secondary N) is 1. The molecule has 0 saturated heterocycles. The van der Waals surface area contributed by atoms with E-state index in [9.17, 15) is 19.7 Å². The molecule has 0 aliphatic heterocycles. The van der Waals surface area contributed by atoms with E-state index in [4.69, 9.17) is 10.00 Å². The minimum absolute atomic E-state index is 0.0943. The molecular formula is C19H17N3O5. The summed E-state index contributed by atoms with van der Waals surface area (Å²) in [6.45, 7) is 0. The van der Waals surface area contributed by atoms with E-state index in [1.807, 2.05) is 6.07 Å². The molecule has 1 N–H and O–H groups in total. The molecule has 8 heteroatoms. The van der Waals surface area contributed by atoms with Crippen molar-refractivity contribution in [2.75, 3.05) is 7.11 Å². The van der Waals surface area contributed by atoms with E-state index >= 15 is 0 Å². The van der Waals surface area contributed by atoms with Crippen molar-refractivity contribution in [2.24, 2.45) is 0 Å². The van der Waals surface area contributed by atoms with Crippen molar-refractivity contribution in [3.63, 3.8) is 0 Å². The van der Waals surface area contributed by atoms with E-state index < -0.39 is 22.8 Å². The Bertz CT molecular complexity index is 904. The number of carbonyl (C=O) groups is 2. The molecule has 1 atom stereocenters. The van der Waals surface area contributed by atoms with Crippen molar-refractivity contribution in [2.45, 2.75) is 18.9 Å². The van der Waals surface area contributed by atoms with E-state index in [0.29, 0.717) is 16.7 Å². The van der Waals surface area contributed by atoms with Crippen LogP contribution in [-0.2, 0) is 27.2 Å². The Hall–Kier alpha value is -3.73. The summed E-state index contributed by atoms with van der Waals surface area (Å²) in [5, 5.41) is 22.6. The van der Waals surface area contributed by atoms with Gasteiger partial charge in [0.05, 0.1) is 30.1 Å². The molecule has 1 amide bonds. The van der Waals surface area contributed by atoms with Crippen LogP contribution >= 0.6 is 0 Å². The normalized spacial score (nSPS) is 11.1. The van der Waals surface area contributed by atoms with E-state index in [2.05, 4.69) is 5.32 Å². The average Bonchev–Trinajstić information content (AvgIpc) is 2.67. The second-order valence-electron chi connectivity index (χ2n) is 5.72. The SMILES string of the molecule is COC(=O)[C@@H](Cc1ccccc1C#N)NC(=O)Cc1cccc([N+](=O)[O-])c1. The number of hydrogen-bond acceptors (Lipinski definition) is 6. The summed E-state index contributed by atoms with van der Waals surface area (Å²) in [5.74, 6) is -1.13. The van der Waals surface area contributed by atoms with Crippen LogP contribution in [-0.4, -0.2) is 30.0 Å². The summed E-state index contributed by atoms with van der Waals surface area (Å²) in [6, 6.07) is 13.5. The lowest BCUT2D eigenvalue weighted by molar-refractivity contribution is -0.384. The first-order valence-corrected chi connectivity index (χ1v) is 8.03. The van der Waals surface area contributed by atoms with Crippen LogP contribution in [0.25, 0.3) is 0 Å². The molecule has 2 aromatic carbocycles. The highest BCUT2D eigenvalue weighted by atomic mass is 16.6. The summed E-state index contributed by atoms with van der Waals surface area (Å²) in [7, 11) is 1.21. The second kappa shape index (κ2) is 9.10. The van der Waals surface area contributed by atoms with Crippen molar-refractivity contribution >= 4 is 17.6 Å². The van der Waals surface area contributed by atoms with E-state index in [1.165, 1.54) is 25.3 Å². The molecule has 0 radical (unpaired) electrons. The number of nitriles is 1. The molecule has 138 valence electrons. The number of nitro groups is 1. The molecule has 0 fully saturated rings. The first-order chi connectivity index (χ1) is 12.9. The molecule has 27 heavy (non-hydrogen) atoms.